The summed E-state index contributed by atoms with van der Waals surface area (Å²) in [4.78, 5) is 2.72. The van der Waals surface area contributed by atoms with Gasteiger partial charge >= 0.3 is 0 Å². The van der Waals surface area contributed by atoms with Crippen molar-refractivity contribution in [3.05, 3.63) is 42.5 Å². The highest BCUT2D eigenvalue weighted by Gasteiger charge is 1.99. The van der Waals surface area contributed by atoms with E-state index in [0.717, 1.165) is 11.4 Å². The van der Waals surface area contributed by atoms with E-state index in [1.54, 1.807) is 0 Å². The van der Waals surface area contributed by atoms with E-state index in [1.165, 1.54) is 20.8 Å². The molecule has 0 aliphatic carbocycles. The van der Waals surface area contributed by atoms with Gasteiger partial charge in [0.25, 0.3) is 0 Å². The summed E-state index contributed by atoms with van der Waals surface area (Å²) in [6.45, 7) is 0. The smallest absolute Gasteiger partial charge is 0.0403 e. The average molecular weight is 224 g/mol. The largest absolute Gasteiger partial charge is 0.399 e. The first-order valence-electron chi connectivity index (χ1n) is 5.21. The molecule has 78 valence electrons. The fraction of sp³-hybridized carbons (Fsp3) is 0. The van der Waals surface area contributed by atoms with Crippen molar-refractivity contribution in [1.29, 1.82) is 0 Å². The number of fused-ring (bicyclic) bond motifs is 2. The minimum absolute atomic E-state index is 0.108. The number of anilines is 2. The van der Waals surface area contributed by atoms with Crippen LogP contribution in [-0.4, -0.2) is 9.12 Å². The SMILES string of the molecule is Nc1ccc2cc3ccc(N)cc3[siH]c2c1. The number of hydrogen-bond donors (Lipinski definition) is 2. The summed E-state index contributed by atoms with van der Waals surface area (Å²) in [5.41, 5.74) is 13.3. The zero-order valence-electron chi connectivity index (χ0n) is 8.77. The molecule has 0 fully saturated rings. The number of benzene rings is 2. The van der Waals surface area contributed by atoms with Gasteiger partial charge in [-0.25, -0.2) is 0 Å². The third-order valence-corrected chi connectivity index (χ3v) is 4.47. The molecule has 0 aliphatic heterocycles. The van der Waals surface area contributed by atoms with Crippen LogP contribution in [0.5, 0.6) is 0 Å². The average Bonchev–Trinajstić information content (AvgIpc) is 2.26. The Morgan fingerprint density at radius 1 is 0.688 bits per heavy atom. The molecule has 1 aromatic heterocycles. The summed E-state index contributed by atoms with van der Waals surface area (Å²) < 4.78 is 0. The van der Waals surface area contributed by atoms with Gasteiger partial charge in [-0.2, -0.15) is 0 Å². The Morgan fingerprint density at radius 2 is 1.19 bits per heavy atom. The lowest BCUT2D eigenvalue weighted by Gasteiger charge is -2.04. The van der Waals surface area contributed by atoms with Gasteiger partial charge in [0.1, 0.15) is 0 Å². The van der Waals surface area contributed by atoms with Crippen molar-refractivity contribution >= 4 is 41.3 Å². The van der Waals surface area contributed by atoms with E-state index >= 15 is 0 Å². The predicted molar refractivity (Wildman–Crippen MR) is 73.0 cm³/mol. The van der Waals surface area contributed by atoms with Crippen LogP contribution in [0.1, 0.15) is 0 Å². The van der Waals surface area contributed by atoms with E-state index in [0.29, 0.717) is 0 Å². The lowest BCUT2D eigenvalue weighted by Crippen LogP contribution is -1.89. The molecule has 3 rings (SSSR count). The van der Waals surface area contributed by atoms with E-state index in [-0.39, 0.29) is 9.12 Å². The summed E-state index contributed by atoms with van der Waals surface area (Å²) in [5, 5.41) is 2.59. The van der Waals surface area contributed by atoms with Gasteiger partial charge in [0.05, 0.1) is 0 Å². The lowest BCUT2D eigenvalue weighted by molar-refractivity contribution is 1.76. The molecule has 0 spiro atoms. The molecule has 0 bridgehead atoms. The predicted octanol–water partition coefficient (Wildman–Crippen LogP) is 2.23. The second-order valence-electron chi connectivity index (χ2n) is 4.07. The normalized spacial score (nSPS) is 11.0. The maximum atomic E-state index is 5.81. The fourth-order valence-electron chi connectivity index (χ4n) is 2.03. The number of rotatable bonds is 0. The van der Waals surface area contributed by atoms with E-state index in [4.69, 9.17) is 11.5 Å². The maximum absolute atomic E-state index is 5.81. The molecule has 4 N–H and O–H groups in total. The second kappa shape index (κ2) is 3.32. The van der Waals surface area contributed by atoms with Crippen LogP contribution < -0.4 is 11.5 Å². The Labute approximate surface area is 95.6 Å². The van der Waals surface area contributed by atoms with Crippen LogP contribution in [0.25, 0.3) is 20.8 Å². The molecule has 0 unspecified atom stereocenters. The first kappa shape index (κ1) is 9.36. The van der Waals surface area contributed by atoms with Gasteiger partial charge in [0.2, 0.25) is 0 Å². The highest BCUT2D eigenvalue weighted by molar-refractivity contribution is 6.59. The first-order valence-corrected chi connectivity index (χ1v) is 6.36. The van der Waals surface area contributed by atoms with Crippen molar-refractivity contribution in [2.45, 2.75) is 0 Å². The van der Waals surface area contributed by atoms with E-state index in [2.05, 4.69) is 30.3 Å². The summed E-state index contributed by atoms with van der Waals surface area (Å²) in [5.74, 6) is 0. The van der Waals surface area contributed by atoms with E-state index < -0.39 is 0 Å². The highest BCUT2D eigenvalue weighted by Crippen LogP contribution is 2.22. The number of nitrogen functional groups attached to an aromatic ring is 2. The Balaban J connectivity index is 2.44. The minimum atomic E-state index is 0.108. The molecule has 16 heavy (non-hydrogen) atoms. The third kappa shape index (κ3) is 1.45. The van der Waals surface area contributed by atoms with Crippen molar-refractivity contribution < 1.29 is 0 Å². The Hall–Kier alpha value is -1.87. The van der Waals surface area contributed by atoms with Gasteiger partial charge < -0.3 is 11.5 Å². The summed E-state index contributed by atoms with van der Waals surface area (Å²) in [6.07, 6.45) is 0. The molecule has 0 amide bonds. The first-order chi connectivity index (χ1) is 7.72. The van der Waals surface area contributed by atoms with Crippen molar-refractivity contribution in [3.8, 4) is 0 Å². The molecule has 0 saturated carbocycles. The number of hydrogen-bond acceptors (Lipinski definition) is 2. The lowest BCUT2D eigenvalue weighted by atomic mass is 10.2. The number of nitrogens with two attached hydrogens (primary N) is 2. The van der Waals surface area contributed by atoms with Crippen LogP contribution in [0.15, 0.2) is 42.5 Å². The van der Waals surface area contributed by atoms with E-state index in [9.17, 15) is 0 Å². The quantitative estimate of drug-likeness (QED) is 0.349. The van der Waals surface area contributed by atoms with Gasteiger partial charge in [0, 0.05) is 20.5 Å². The van der Waals surface area contributed by atoms with Crippen LogP contribution in [0.4, 0.5) is 11.4 Å². The summed E-state index contributed by atoms with van der Waals surface area (Å²) >= 11 is 0. The molecule has 0 radical (unpaired) electrons. The van der Waals surface area contributed by atoms with Gasteiger partial charge in [-0.1, -0.05) is 12.1 Å². The van der Waals surface area contributed by atoms with Gasteiger partial charge in [0.15, 0.2) is 0 Å². The molecule has 0 atom stereocenters. The van der Waals surface area contributed by atoms with Crippen LogP contribution in [0, 0.1) is 0 Å². The van der Waals surface area contributed by atoms with Crippen molar-refractivity contribution in [1.82, 2.24) is 0 Å². The van der Waals surface area contributed by atoms with Crippen molar-refractivity contribution in [2.24, 2.45) is 0 Å². The molecule has 2 aromatic carbocycles. The molecule has 1 heterocycles. The molecular formula is C13H12N2Si. The maximum Gasteiger partial charge on any atom is 0.0403 e. The summed E-state index contributed by atoms with van der Waals surface area (Å²) in [6, 6.07) is 14.5. The van der Waals surface area contributed by atoms with Crippen LogP contribution in [0.3, 0.4) is 0 Å². The van der Waals surface area contributed by atoms with E-state index in [1.807, 2.05) is 12.1 Å². The Kier molecular flexibility index (Phi) is 1.94. The zero-order valence-corrected chi connectivity index (χ0v) is 9.93. The highest BCUT2D eigenvalue weighted by atomic mass is 28.2. The van der Waals surface area contributed by atoms with Crippen LogP contribution >= 0.6 is 0 Å². The monoisotopic (exact) mass is 224 g/mol. The third-order valence-electron chi connectivity index (χ3n) is 2.84. The fourth-order valence-corrected chi connectivity index (χ4v) is 3.61. The molecule has 0 aliphatic rings. The minimum Gasteiger partial charge on any atom is -0.399 e. The van der Waals surface area contributed by atoms with Crippen molar-refractivity contribution in [2.75, 3.05) is 11.5 Å². The molecule has 3 aromatic rings. The van der Waals surface area contributed by atoms with Crippen molar-refractivity contribution in [3.63, 3.8) is 0 Å². The standard InChI is InChI=1S/C13H12N2Si/c14-10-3-1-8-5-9-2-4-11(15)7-13(9)16-12(8)6-10/h1-7,16H,14-15H2. The van der Waals surface area contributed by atoms with Gasteiger partial charge in [-0.15, -0.1) is 0 Å². The van der Waals surface area contributed by atoms with Crippen LogP contribution in [-0.2, 0) is 0 Å². The topological polar surface area (TPSA) is 52.0 Å². The molecule has 2 nitrogen and oxygen atoms in total. The summed E-state index contributed by atoms with van der Waals surface area (Å²) in [7, 11) is 0.108. The van der Waals surface area contributed by atoms with Gasteiger partial charge in [-0.3, -0.25) is 0 Å². The molecule has 0 saturated heterocycles. The second-order valence-corrected chi connectivity index (χ2v) is 5.60. The Morgan fingerprint density at radius 3 is 1.69 bits per heavy atom. The molecule has 3 heteroatoms. The molecular weight excluding hydrogens is 212 g/mol. The van der Waals surface area contributed by atoms with Crippen LogP contribution in [0.2, 0.25) is 0 Å². The Bertz CT molecular complexity index is 635. The van der Waals surface area contributed by atoms with Gasteiger partial charge in [-0.05, 0) is 51.1 Å². The zero-order chi connectivity index (χ0) is 11.1.